The lowest BCUT2D eigenvalue weighted by Gasteiger charge is -2.37. The second kappa shape index (κ2) is 6.75. The minimum Gasteiger partial charge on any atom is -0.486 e. The third-order valence-corrected chi connectivity index (χ3v) is 3.03. The Balaban J connectivity index is 2.86. The van der Waals surface area contributed by atoms with Gasteiger partial charge in [-0.05, 0) is 38.8 Å². The first-order valence-corrected chi connectivity index (χ1v) is 6.94. The Morgan fingerprint density at radius 1 is 1.15 bits per heavy atom. The van der Waals surface area contributed by atoms with Gasteiger partial charge >= 0.3 is 5.97 Å². The van der Waals surface area contributed by atoms with Gasteiger partial charge in [0.1, 0.15) is 23.5 Å². The zero-order valence-electron chi connectivity index (χ0n) is 12.9. The van der Waals surface area contributed by atoms with E-state index in [1.54, 1.807) is 6.92 Å². The summed E-state index contributed by atoms with van der Waals surface area (Å²) in [4.78, 5) is 11.7. The van der Waals surface area contributed by atoms with E-state index in [2.05, 4.69) is 0 Å². The van der Waals surface area contributed by atoms with E-state index in [9.17, 15) is 4.79 Å². The molecule has 2 N–H and O–H groups in total. The van der Waals surface area contributed by atoms with Crippen molar-refractivity contribution in [3.8, 4) is 5.75 Å². The van der Waals surface area contributed by atoms with Crippen LogP contribution in [0.2, 0.25) is 0 Å². The van der Waals surface area contributed by atoms with Crippen LogP contribution in [0.15, 0.2) is 30.3 Å². The summed E-state index contributed by atoms with van der Waals surface area (Å²) in [5.41, 5.74) is 4.80. The summed E-state index contributed by atoms with van der Waals surface area (Å²) in [5.74, 6) is 0.527. The fraction of sp³-hybridized carbons (Fsp3) is 0.562. The van der Waals surface area contributed by atoms with Gasteiger partial charge in [-0.1, -0.05) is 32.0 Å². The first-order valence-electron chi connectivity index (χ1n) is 6.94. The van der Waals surface area contributed by atoms with Crippen LogP contribution in [0.5, 0.6) is 5.75 Å². The van der Waals surface area contributed by atoms with Gasteiger partial charge in [0.25, 0.3) is 0 Å². The van der Waals surface area contributed by atoms with E-state index in [-0.39, 0.29) is 12.0 Å². The van der Waals surface area contributed by atoms with Gasteiger partial charge in [-0.2, -0.15) is 0 Å². The minimum absolute atomic E-state index is 0.186. The van der Waals surface area contributed by atoms with E-state index < -0.39 is 17.6 Å². The molecule has 0 amide bonds. The van der Waals surface area contributed by atoms with Gasteiger partial charge in [-0.25, -0.2) is 0 Å². The largest absolute Gasteiger partial charge is 0.486 e. The molecule has 112 valence electrons. The van der Waals surface area contributed by atoms with Crippen LogP contribution in [0.25, 0.3) is 0 Å². The summed E-state index contributed by atoms with van der Waals surface area (Å²) in [5, 5.41) is 0. The number of rotatable bonds is 6. The monoisotopic (exact) mass is 279 g/mol. The quantitative estimate of drug-likeness (QED) is 0.813. The molecule has 0 aliphatic carbocycles. The number of carbonyl (C=O) groups is 1. The van der Waals surface area contributed by atoms with E-state index in [0.29, 0.717) is 0 Å². The van der Waals surface area contributed by atoms with E-state index >= 15 is 0 Å². The standard InChI is InChI=1S/C16H25NO3/c1-11(2)14(19-13-9-7-6-8-10-13)16(4,5)20-15(18)12(3)17/h6-12,14H,17H2,1-5H3/t12?,14-/m1/s1. The molecule has 1 aromatic rings. The lowest BCUT2D eigenvalue weighted by molar-refractivity contribution is -0.169. The van der Waals surface area contributed by atoms with Gasteiger partial charge in [0.15, 0.2) is 0 Å². The molecule has 2 atom stereocenters. The lowest BCUT2D eigenvalue weighted by Crippen LogP contribution is -2.49. The van der Waals surface area contributed by atoms with Gasteiger partial charge in [0.2, 0.25) is 0 Å². The Labute approximate surface area is 121 Å². The molecule has 4 nitrogen and oxygen atoms in total. The summed E-state index contributed by atoms with van der Waals surface area (Å²) in [6, 6.07) is 8.89. The molecule has 0 aliphatic rings. The third kappa shape index (κ3) is 4.53. The van der Waals surface area contributed by atoms with Crippen molar-refractivity contribution >= 4 is 5.97 Å². The number of carbonyl (C=O) groups excluding carboxylic acids is 1. The number of benzene rings is 1. The van der Waals surface area contributed by atoms with Gasteiger partial charge in [-0.15, -0.1) is 0 Å². The molecule has 1 rings (SSSR count). The molecule has 0 saturated carbocycles. The summed E-state index contributed by atoms with van der Waals surface area (Å²) < 4.78 is 11.5. The summed E-state index contributed by atoms with van der Waals surface area (Å²) in [7, 11) is 0. The fourth-order valence-electron chi connectivity index (χ4n) is 2.14. The second-order valence-corrected chi connectivity index (χ2v) is 5.91. The Kier molecular flexibility index (Phi) is 5.57. The van der Waals surface area contributed by atoms with Crippen molar-refractivity contribution in [3.05, 3.63) is 30.3 Å². The number of hydrogen-bond acceptors (Lipinski definition) is 4. The van der Waals surface area contributed by atoms with Crippen LogP contribution in [0.4, 0.5) is 0 Å². The Morgan fingerprint density at radius 3 is 2.15 bits per heavy atom. The summed E-state index contributed by atoms with van der Waals surface area (Å²) in [6.45, 7) is 9.38. The molecule has 0 spiro atoms. The molecule has 20 heavy (non-hydrogen) atoms. The van der Waals surface area contributed by atoms with Gasteiger partial charge in [0, 0.05) is 0 Å². The maximum atomic E-state index is 11.7. The number of hydrogen-bond donors (Lipinski definition) is 1. The Hall–Kier alpha value is -1.55. The lowest BCUT2D eigenvalue weighted by atomic mass is 9.91. The molecule has 0 heterocycles. The van der Waals surface area contributed by atoms with Crippen LogP contribution in [-0.4, -0.2) is 23.7 Å². The predicted octanol–water partition coefficient (Wildman–Crippen LogP) is 2.76. The van der Waals surface area contributed by atoms with E-state index in [1.807, 2.05) is 58.0 Å². The normalized spacial score (nSPS) is 14.8. The SMILES string of the molecule is CC(N)C(=O)OC(C)(C)[C@H](Oc1ccccc1)C(C)C. The Bertz CT molecular complexity index is 427. The molecule has 1 aromatic carbocycles. The van der Waals surface area contributed by atoms with Gasteiger partial charge in [0.05, 0.1) is 0 Å². The summed E-state index contributed by atoms with van der Waals surface area (Å²) >= 11 is 0. The topological polar surface area (TPSA) is 61.6 Å². The highest BCUT2D eigenvalue weighted by Gasteiger charge is 2.38. The van der Waals surface area contributed by atoms with Crippen molar-refractivity contribution in [1.82, 2.24) is 0 Å². The molecule has 0 fully saturated rings. The first kappa shape index (κ1) is 16.5. The molecule has 1 unspecified atom stereocenters. The molecule has 0 bridgehead atoms. The minimum atomic E-state index is -0.755. The fourth-order valence-corrected chi connectivity index (χ4v) is 2.14. The van der Waals surface area contributed by atoms with Crippen LogP contribution < -0.4 is 10.5 Å². The van der Waals surface area contributed by atoms with Crippen LogP contribution in [0.1, 0.15) is 34.6 Å². The average molecular weight is 279 g/mol. The predicted molar refractivity (Wildman–Crippen MR) is 79.5 cm³/mol. The van der Waals surface area contributed by atoms with Crippen molar-refractivity contribution < 1.29 is 14.3 Å². The number of nitrogens with two attached hydrogens (primary N) is 1. The molecular weight excluding hydrogens is 254 g/mol. The first-order chi connectivity index (χ1) is 9.24. The van der Waals surface area contributed by atoms with Crippen molar-refractivity contribution in [2.75, 3.05) is 0 Å². The molecule has 4 heteroatoms. The second-order valence-electron chi connectivity index (χ2n) is 5.91. The van der Waals surface area contributed by atoms with Gasteiger partial charge < -0.3 is 15.2 Å². The molecular formula is C16H25NO3. The van der Waals surface area contributed by atoms with Crippen molar-refractivity contribution in [2.24, 2.45) is 11.7 Å². The van der Waals surface area contributed by atoms with Crippen LogP contribution in [-0.2, 0) is 9.53 Å². The van der Waals surface area contributed by atoms with E-state index in [4.69, 9.17) is 15.2 Å². The van der Waals surface area contributed by atoms with Crippen molar-refractivity contribution in [1.29, 1.82) is 0 Å². The highest BCUT2D eigenvalue weighted by molar-refractivity contribution is 5.75. The van der Waals surface area contributed by atoms with Crippen molar-refractivity contribution in [2.45, 2.75) is 52.4 Å². The third-order valence-electron chi connectivity index (χ3n) is 3.03. The highest BCUT2D eigenvalue weighted by atomic mass is 16.6. The summed E-state index contributed by atoms with van der Waals surface area (Å²) in [6.07, 6.45) is -0.257. The molecule has 0 saturated heterocycles. The highest BCUT2D eigenvalue weighted by Crippen LogP contribution is 2.27. The number of esters is 1. The number of para-hydroxylation sites is 1. The van der Waals surface area contributed by atoms with E-state index in [1.165, 1.54) is 0 Å². The molecule has 0 aliphatic heterocycles. The number of ether oxygens (including phenoxy) is 2. The Morgan fingerprint density at radius 2 is 1.70 bits per heavy atom. The molecule has 0 radical (unpaired) electrons. The van der Waals surface area contributed by atoms with E-state index in [0.717, 1.165) is 5.75 Å². The van der Waals surface area contributed by atoms with Crippen molar-refractivity contribution in [3.63, 3.8) is 0 Å². The zero-order valence-corrected chi connectivity index (χ0v) is 12.9. The van der Waals surface area contributed by atoms with Crippen LogP contribution in [0.3, 0.4) is 0 Å². The maximum Gasteiger partial charge on any atom is 0.323 e. The average Bonchev–Trinajstić information content (AvgIpc) is 2.36. The maximum absolute atomic E-state index is 11.7. The van der Waals surface area contributed by atoms with Crippen LogP contribution in [0, 0.1) is 5.92 Å². The smallest absolute Gasteiger partial charge is 0.323 e. The van der Waals surface area contributed by atoms with Gasteiger partial charge in [-0.3, -0.25) is 4.79 Å². The molecule has 0 aromatic heterocycles. The van der Waals surface area contributed by atoms with Crippen LogP contribution >= 0.6 is 0 Å². The zero-order chi connectivity index (χ0) is 15.3.